The minimum atomic E-state index is 0.649. The number of nitriles is 1. The van der Waals surface area contributed by atoms with Crippen molar-refractivity contribution in [2.75, 3.05) is 0 Å². The lowest BCUT2D eigenvalue weighted by Gasteiger charge is -2.17. The summed E-state index contributed by atoms with van der Waals surface area (Å²) in [6.45, 7) is 0. The molecule has 66 heavy (non-hydrogen) atoms. The molecule has 13 rings (SSSR count). The first-order chi connectivity index (χ1) is 32.6. The van der Waals surface area contributed by atoms with Crippen molar-refractivity contribution in [3.63, 3.8) is 0 Å². The minimum absolute atomic E-state index is 0.649. The Balaban J connectivity index is 0.871. The molecule has 13 aromatic rings. The molecule has 0 saturated heterocycles. The molecule has 0 saturated carbocycles. The van der Waals surface area contributed by atoms with Crippen molar-refractivity contribution in [2.45, 2.75) is 0 Å². The van der Waals surface area contributed by atoms with E-state index < -0.39 is 0 Å². The minimum Gasteiger partial charge on any atom is -0.228 e. The number of nitrogens with zero attached hydrogens (tertiary/aromatic N) is 3. The van der Waals surface area contributed by atoms with Gasteiger partial charge in [0.1, 0.15) is 0 Å². The highest BCUT2D eigenvalue weighted by Crippen LogP contribution is 2.44. The summed E-state index contributed by atoms with van der Waals surface area (Å²) in [7, 11) is 0. The molecule has 3 heteroatoms. The lowest BCUT2D eigenvalue weighted by atomic mass is 9.86. The van der Waals surface area contributed by atoms with Crippen LogP contribution in [0.5, 0.6) is 0 Å². The van der Waals surface area contributed by atoms with Crippen LogP contribution in [-0.4, -0.2) is 9.97 Å². The molecule has 0 bridgehead atoms. The number of fused-ring (bicyclic) bond motifs is 2. The average molecular weight is 836 g/mol. The maximum Gasteiger partial charge on any atom is 0.160 e. The van der Waals surface area contributed by atoms with Gasteiger partial charge in [0.2, 0.25) is 0 Å². The third-order valence-corrected chi connectivity index (χ3v) is 13.4. The Labute approximate surface area is 381 Å². The molecule has 0 radical (unpaired) electrons. The number of benzene rings is 11. The number of hydrogen-bond donors (Lipinski definition) is 0. The maximum atomic E-state index is 9.24. The first kappa shape index (κ1) is 37.6. The van der Waals surface area contributed by atoms with Crippen LogP contribution in [0.25, 0.3) is 132 Å². The number of rotatable bonds is 6. The summed E-state index contributed by atoms with van der Waals surface area (Å²) in [4.78, 5) is 10.1. The quantitative estimate of drug-likeness (QED) is 0.157. The Kier molecular flexibility index (Phi) is 8.59. The van der Waals surface area contributed by atoms with Crippen molar-refractivity contribution in [2.24, 2.45) is 0 Å². The van der Waals surface area contributed by atoms with Gasteiger partial charge < -0.3 is 0 Å². The molecule has 3 nitrogen and oxygen atoms in total. The van der Waals surface area contributed by atoms with E-state index in [-0.39, 0.29) is 0 Å². The topological polar surface area (TPSA) is 49.6 Å². The average Bonchev–Trinajstić information content (AvgIpc) is 3.39. The van der Waals surface area contributed by atoms with Crippen LogP contribution in [0.1, 0.15) is 5.56 Å². The van der Waals surface area contributed by atoms with E-state index in [1.807, 2.05) is 42.5 Å². The van der Waals surface area contributed by atoms with Gasteiger partial charge in [0.05, 0.1) is 23.0 Å². The van der Waals surface area contributed by atoms with Crippen LogP contribution in [0, 0.1) is 11.3 Å². The fraction of sp³-hybridized carbons (Fsp3) is 0. The molecular formula is C63H37N3. The van der Waals surface area contributed by atoms with Gasteiger partial charge in [0, 0.05) is 16.7 Å². The molecule has 0 aliphatic carbocycles. The highest BCUT2D eigenvalue weighted by molar-refractivity contribution is 6.37. The summed E-state index contributed by atoms with van der Waals surface area (Å²) in [6, 6.07) is 82.5. The zero-order valence-corrected chi connectivity index (χ0v) is 35.7. The summed E-state index contributed by atoms with van der Waals surface area (Å²) in [5, 5.41) is 24.7. The van der Waals surface area contributed by atoms with Gasteiger partial charge in [0.25, 0.3) is 0 Å². The summed E-state index contributed by atoms with van der Waals surface area (Å²) < 4.78 is 0. The summed E-state index contributed by atoms with van der Waals surface area (Å²) in [5.74, 6) is 0.681. The van der Waals surface area contributed by atoms with Gasteiger partial charge in [-0.25, -0.2) is 9.97 Å². The molecule has 0 spiro atoms. The van der Waals surface area contributed by atoms with Gasteiger partial charge in [-0.3, -0.25) is 0 Å². The molecule has 0 fully saturated rings. The van der Waals surface area contributed by atoms with E-state index in [0.717, 1.165) is 50.3 Å². The van der Waals surface area contributed by atoms with Gasteiger partial charge >= 0.3 is 0 Å². The van der Waals surface area contributed by atoms with E-state index in [4.69, 9.17) is 9.97 Å². The predicted octanol–water partition coefficient (Wildman–Crippen LogP) is 16.7. The highest BCUT2D eigenvalue weighted by atomic mass is 14.9. The highest BCUT2D eigenvalue weighted by Gasteiger charge is 2.17. The second-order valence-corrected chi connectivity index (χ2v) is 17.2. The molecule has 0 unspecified atom stereocenters. The summed E-state index contributed by atoms with van der Waals surface area (Å²) in [6.07, 6.45) is 0. The normalized spacial score (nSPS) is 11.6. The first-order valence-corrected chi connectivity index (χ1v) is 22.3. The van der Waals surface area contributed by atoms with Crippen LogP contribution in [0.15, 0.2) is 224 Å². The zero-order valence-electron chi connectivity index (χ0n) is 35.7. The third-order valence-electron chi connectivity index (χ3n) is 13.4. The van der Waals surface area contributed by atoms with Crippen LogP contribution in [0.2, 0.25) is 0 Å². The standard InChI is InChI=1S/C63H37N3/c64-38-39-15-17-40(18-16-39)42-23-27-45(28-24-42)57-37-58(66-63(65-57)50-7-2-1-3-8-50)46-29-25-43(26-30-46)41-19-21-44(22-20-41)52-35-51-34-33-49-10-5-13-54-53-12-4-9-47-31-32-48-11-6-14-55(61(48)59(47)53)56(36-52)62(51)60(49)54/h1-37H. The Morgan fingerprint density at radius 1 is 0.273 bits per heavy atom. The summed E-state index contributed by atoms with van der Waals surface area (Å²) in [5.41, 5.74) is 12.2. The fourth-order valence-corrected chi connectivity index (χ4v) is 10.2. The largest absolute Gasteiger partial charge is 0.228 e. The SMILES string of the molecule is N#Cc1ccc(-c2ccc(-c3cc(-c4ccc(-c5ccc(-c6cc7ccc8cccc9c%10cccc%11ccc%12cccc(c(c6)c7c89)c%12c%11%10)cc5)cc4)nc(-c4ccccc4)n3)cc2)cc1. The van der Waals surface area contributed by atoms with E-state index in [9.17, 15) is 5.26 Å². The van der Waals surface area contributed by atoms with Gasteiger partial charge in [-0.05, 0) is 128 Å². The second-order valence-electron chi connectivity index (χ2n) is 17.2. The predicted molar refractivity (Wildman–Crippen MR) is 276 cm³/mol. The van der Waals surface area contributed by atoms with Crippen LogP contribution < -0.4 is 0 Å². The van der Waals surface area contributed by atoms with E-state index in [2.05, 4.69) is 188 Å². The number of hydrogen-bond acceptors (Lipinski definition) is 3. The van der Waals surface area contributed by atoms with Crippen molar-refractivity contribution < 1.29 is 0 Å². The van der Waals surface area contributed by atoms with Crippen LogP contribution >= 0.6 is 0 Å². The smallest absolute Gasteiger partial charge is 0.160 e. The lowest BCUT2D eigenvalue weighted by molar-refractivity contribution is 1.18. The Morgan fingerprint density at radius 3 is 1.14 bits per heavy atom. The van der Waals surface area contributed by atoms with Crippen LogP contribution in [0.4, 0.5) is 0 Å². The summed E-state index contributed by atoms with van der Waals surface area (Å²) >= 11 is 0. The molecule has 1 heterocycles. The van der Waals surface area contributed by atoms with E-state index in [0.29, 0.717) is 11.4 Å². The maximum absolute atomic E-state index is 9.24. The monoisotopic (exact) mass is 835 g/mol. The van der Waals surface area contributed by atoms with Crippen molar-refractivity contribution in [1.82, 2.24) is 9.97 Å². The lowest BCUT2D eigenvalue weighted by Crippen LogP contribution is -1.96. The van der Waals surface area contributed by atoms with Crippen molar-refractivity contribution in [3.05, 3.63) is 230 Å². The molecule has 0 aliphatic heterocycles. The molecular weight excluding hydrogens is 799 g/mol. The molecule has 0 N–H and O–H groups in total. The van der Waals surface area contributed by atoms with E-state index >= 15 is 0 Å². The van der Waals surface area contributed by atoms with Crippen molar-refractivity contribution in [3.8, 4) is 73.4 Å². The van der Waals surface area contributed by atoms with Crippen molar-refractivity contribution >= 4 is 64.6 Å². The van der Waals surface area contributed by atoms with Gasteiger partial charge in [0.15, 0.2) is 5.82 Å². The molecule has 12 aromatic carbocycles. The molecule has 0 amide bonds. The van der Waals surface area contributed by atoms with E-state index in [1.54, 1.807) is 0 Å². The van der Waals surface area contributed by atoms with Gasteiger partial charge in [-0.1, -0.05) is 194 Å². The zero-order chi connectivity index (χ0) is 43.7. The van der Waals surface area contributed by atoms with Gasteiger partial charge in [-0.15, -0.1) is 0 Å². The Morgan fingerprint density at radius 2 is 0.667 bits per heavy atom. The Bertz CT molecular complexity index is 4050. The molecule has 0 atom stereocenters. The van der Waals surface area contributed by atoms with Crippen molar-refractivity contribution in [1.29, 1.82) is 5.26 Å². The molecule has 304 valence electrons. The van der Waals surface area contributed by atoms with Crippen LogP contribution in [-0.2, 0) is 0 Å². The fourth-order valence-electron chi connectivity index (χ4n) is 10.2. The first-order valence-electron chi connectivity index (χ1n) is 22.3. The van der Waals surface area contributed by atoms with Crippen LogP contribution in [0.3, 0.4) is 0 Å². The number of aromatic nitrogens is 2. The molecule has 1 aromatic heterocycles. The second kappa shape index (κ2) is 15.1. The van der Waals surface area contributed by atoms with E-state index in [1.165, 1.54) is 75.8 Å². The van der Waals surface area contributed by atoms with Gasteiger partial charge in [-0.2, -0.15) is 5.26 Å². The third kappa shape index (κ3) is 6.20. The molecule has 0 aliphatic rings. The Hall–Kier alpha value is -8.97.